The molecule has 2 aromatic rings. The summed E-state index contributed by atoms with van der Waals surface area (Å²) in [7, 11) is 1.83. The van der Waals surface area contributed by atoms with Crippen molar-refractivity contribution in [3.05, 3.63) is 66.2 Å². The molecule has 0 N–H and O–H groups in total. The van der Waals surface area contributed by atoms with Gasteiger partial charge in [0.15, 0.2) is 0 Å². The van der Waals surface area contributed by atoms with Crippen LogP contribution in [-0.4, -0.2) is 18.2 Å². The van der Waals surface area contributed by atoms with Gasteiger partial charge in [-0.3, -0.25) is 4.79 Å². The smallest absolute Gasteiger partial charge is 0.239 e. The average Bonchev–Trinajstić information content (AvgIpc) is 2.53. The molecule has 0 saturated carbocycles. The molecule has 0 aromatic heterocycles. The molecule has 104 valence electrons. The van der Waals surface area contributed by atoms with Crippen LogP contribution in [-0.2, 0) is 10.5 Å². The number of benzene rings is 2. The standard InChI is InChI=1S/C17H19NOS/c1-14(20-13-15-9-5-3-6-10-15)17(19)18(2)16-11-7-4-8-12-16/h3-12,14H,13H2,1-2H3. The molecule has 0 bridgehead atoms. The van der Waals surface area contributed by atoms with E-state index >= 15 is 0 Å². The Balaban J connectivity index is 1.92. The first-order valence-electron chi connectivity index (χ1n) is 6.66. The average molecular weight is 285 g/mol. The number of hydrogen-bond acceptors (Lipinski definition) is 2. The van der Waals surface area contributed by atoms with E-state index in [0.717, 1.165) is 11.4 Å². The van der Waals surface area contributed by atoms with E-state index in [0.29, 0.717) is 0 Å². The summed E-state index contributed by atoms with van der Waals surface area (Å²) in [6.45, 7) is 1.97. The zero-order valence-electron chi connectivity index (χ0n) is 11.8. The molecule has 2 aromatic carbocycles. The van der Waals surface area contributed by atoms with Crippen LogP contribution in [0.5, 0.6) is 0 Å². The van der Waals surface area contributed by atoms with Crippen molar-refractivity contribution >= 4 is 23.4 Å². The van der Waals surface area contributed by atoms with Crippen LogP contribution < -0.4 is 4.90 Å². The number of carbonyl (C=O) groups is 1. The molecule has 0 saturated heterocycles. The second kappa shape index (κ2) is 7.15. The van der Waals surface area contributed by atoms with Crippen LogP contribution in [0, 0.1) is 0 Å². The number of amides is 1. The third-order valence-electron chi connectivity index (χ3n) is 3.16. The normalized spacial score (nSPS) is 11.9. The van der Waals surface area contributed by atoms with Gasteiger partial charge in [-0.05, 0) is 24.6 Å². The lowest BCUT2D eigenvalue weighted by atomic mass is 10.2. The summed E-state index contributed by atoms with van der Waals surface area (Å²) < 4.78 is 0. The van der Waals surface area contributed by atoms with E-state index in [-0.39, 0.29) is 11.2 Å². The molecule has 1 atom stereocenters. The van der Waals surface area contributed by atoms with Crippen molar-refractivity contribution in [1.29, 1.82) is 0 Å². The molecule has 1 amide bonds. The molecule has 0 aliphatic heterocycles. The minimum absolute atomic E-state index is 0.0552. The highest BCUT2D eigenvalue weighted by atomic mass is 32.2. The Morgan fingerprint density at radius 1 is 1.05 bits per heavy atom. The Morgan fingerprint density at radius 3 is 2.20 bits per heavy atom. The zero-order chi connectivity index (χ0) is 14.4. The molecule has 2 rings (SSSR count). The molecule has 0 aliphatic rings. The van der Waals surface area contributed by atoms with E-state index in [1.165, 1.54) is 5.56 Å². The fourth-order valence-corrected chi connectivity index (χ4v) is 2.85. The van der Waals surface area contributed by atoms with E-state index in [9.17, 15) is 4.79 Å². The van der Waals surface area contributed by atoms with E-state index < -0.39 is 0 Å². The quantitative estimate of drug-likeness (QED) is 0.828. The number of nitrogens with zero attached hydrogens (tertiary/aromatic N) is 1. The van der Waals surface area contributed by atoms with Gasteiger partial charge in [-0.25, -0.2) is 0 Å². The van der Waals surface area contributed by atoms with Gasteiger partial charge in [-0.2, -0.15) is 0 Å². The lowest BCUT2D eigenvalue weighted by Crippen LogP contribution is -2.33. The minimum atomic E-state index is -0.0552. The maximum Gasteiger partial charge on any atom is 0.239 e. The Labute approximate surface area is 124 Å². The number of anilines is 1. The molecule has 1 unspecified atom stereocenters. The lowest BCUT2D eigenvalue weighted by molar-refractivity contribution is -0.117. The predicted molar refractivity (Wildman–Crippen MR) is 87.1 cm³/mol. The van der Waals surface area contributed by atoms with Crippen molar-refractivity contribution in [2.24, 2.45) is 0 Å². The summed E-state index contributed by atoms with van der Waals surface area (Å²) in [4.78, 5) is 14.1. The van der Waals surface area contributed by atoms with Crippen LogP contribution in [0.4, 0.5) is 5.69 Å². The summed E-state index contributed by atoms with van der Waals surface area (Å²) >= 11 is 1.67. The highest BCUT2D eigenvalue weighted by molar-refractivity contribution is 7.99. The van der Waals surface area contributed by atoms with Gasteiger partial charge in [0, 0.05) is 18.5 Å². The number of carbonyl (C=O) groups excluding carboxylic acids is 1. The van der Waals surface area contributed by atoms with Crippen molar-refractivity contribution in [2.75, 3.05) is 11.9 Å². The molecule has 0 radical (unpaired) electrons. The number of para-hydroxylation sites is 1. The monoisotopic (exact) mass is 285 g/mol. The Kier molecular flexibility index (Phi) is 5.24. The second-order valence-corrected chi connectivity index (χ2v) is 6.00. The third kappa shape index (κ3) is 3.87. The molecular weight excluding hydrogens is 266 g/mol. The Bertz CT molecular complexity index is 541. The third-order valence-corrected chi connectivity index (χ3v) is 4.37. The summed E-state index contributed by atoms with van der Waals surface area (Å²) in [6.07, 6.45) is 0. The van der Waals surface area contributed by atoms with Crippen molar-refractivity contribution in [2.45, 2.75) is 17.9 Å². The highest BCUT2D eigenvalue weighted by Crippen LogP contribution is 2.21. The fraction of sp³-hybridized carbons (Fsp3) is 0.235. The Morgan fingerprint density at radius 2 is 1.60 bits per heavy atom. The highest BCUT2D eigenvalue weighted by Gasteiger charge is 2.18. The SMILES string of the molecule is CC(SCc1ccccc1)C(=O)N(C)c1ccccc1. The molecule has 0 spiro atoms. The minimum Gasteiger partial charge on any atom is -0.315 e. The fourth-order valence-electron chi connectivity index (χ4n) is 1.92. The lowest BCUT2D eigenvalue weighted by Gasteiger charge is -2.21. The zero-order valence-corrected chi connectivity index (χ0v) is 12.6. The van der Waals surface area contributed by atoms with Crippen LogP contribution in [0.25, 0.3) is 0 Å². The van der Waals surface area contributed by atoms with E-state index in [2.05, 4.69) is 12.1 Å². The van der Waals surface area contributed by atoms with Crippen LogP contribution in [0.3, 0.4) is 0 Å². The topological polar surface area (TPSA) is 20.3 Å². The number of rotatable bonds is 5. The molecule has 2 nitrogen and oxygen atoms in total. The van der Waals surface area contributed by atoms with Crippen molar-refractivity contribution in [3.63, 3.8) is 0 Å². The number of hydrogen-bond donors (Lipinski definition) is 0. The summed E-state index contributed by atoms with van der Waals surface area (Å²) in [5.41, 5.74) is 2.18. The summed E-state index contributed by atoms with van der Waals surface area (Å²) in [5.74, 6) is 0.994. The van der Waals surface area contributed by atoms with Crippen LogP contribution in [0.1, 0.15) is 12.5 Å². The molecule has 20 heavy (non-hydrogen) atoms. The first kappa shape index (κ1) is 14.7. The van der Waals surface area contributed by atoms with Crippen molar-refractivity contribution in [3.8, 4) is 0 Å². The molecule has 0 fully saturated rings. The van der Waals surface area contributed by atoms with Crippen molar-refractivity contribution < 1.29 is 4.79 Å². The van der Waals surface area contributed by atoms with Gasteiger partial charge >= 0.3 is 0 Å². The Hall–Kier alpha value is -1.74. The predicted octanol–water partition coefficient (Wildman–Crippen LogP) is 3.97. The van der Waals surface area contributed by atoms with Crippen LogP contribution in [0.15, 0.2) is 60.7 Å². The maximum atomic E-state index is 12.4. The molecular formula is C17H19NOS. The van der Waals surface area contributed by atoms with E-state index in [4.69, 9.17) is 0 Å². The summed E-state index contributed by atoms with van der Waals surface area (Å²) in [5, 5.41) is -0.0552. The summed E-state index contributed by atoms with van der Waals surface area (Å²) in [6, 6.07) is 20.0. The second-order valence-electron chi connectivity index (χ2n) is 4.67. The molecule has 3 heteroatoms. The number of thioether (sulfide) groups is 1. The van der Waals surface area contributed by atoms with E-state index in [1.54, 1.807) is 16.7 Å². The maximum absolute atomic E-state index is 12.4. The van der Waals surface area contributed by atoms with Gasteiger partial charge in [0.25, 0.3) is 0 Å². The largest absolute Gasteiger partial charge is 0.315 e. The van der Waals surface area contributed by atoms with Gasteiger partial charge in [-0.15, -0.1) is 11.8 Å². The van der Waals surface area contributed by atoms with Gasteiger partial charge in [0.2, 0.25) is 5.91 Å². The van der Waals surface area contributed by atoms with Gasteiger partial charge < -0.3 is 4.90 Å². The first-order chi connectivity index (χ1) is 9.68. The molecule has 0 heterocycles. The van der Waals surface area contributed by atoms with Crippen LogP contribution in [0.2, 0.25) is 0 Å². The first-order valence-corrected chi connectivity index (χ1v) is 7.71. The van der Waals surface area contributed by atoms with Gasteiger partial charge in [0.1, 0.15) is 0 Å². The van der Waals surface area contributed by atoms with E-state index in [1.807, 2.05) is 62.5 Å². The molecule has 0 aliphatic carbocycles. The van der Waals surface area contributed by atoms with Crippen LogP contribution >= 0.6 is 11.8 Å². The van der Waals surface area contributed by atoms with Crippen molar-refractivity contribution in [1.82, 2.24) is 0 Å². The van der Waals surface area contributed by atoms with Gasteiger partial charge in [0.05, 0.1) is 5.25 Å². The van der Waals surface area contributed by atoms with Gasteiger partial charge in [-0.1, -0.05) is 48.5 Å².